The van der Waals surface area contributed by atoms with Crippen LogP contribution in [0.15, 0.2) is 53.1 Å². The van der Waals surface area contributed by atoms with Crippen LogP contribution in [0.1, 0.15) is 37.3 Å². The van der Waals surface area contributed by atoms with E-state index >= 15 is 0 Å². The van der Waals surface area contributed by atoms with Crippen molar-refractivity contribution in [1.82, 2.24) is 5.32 Å². The quantitative estimate of drug-likeness (QED) is 0.841. The zero-order chi connectivity index (χ0) is 11.4. The molecule has 2 atom stereocenters. The smallest absolute Gasteiger partial charge is 0.120 e. The molecule has 0 fully saturated rings. The Morgan fingerprint density at radius 3 is 2.31 bits per heavy atom. The second-order valence-electron chi connectivity index (χ2n) is 4.04. The Labute approximate surface area is 96.3 Å². The number of hydrogen-bond donors (Lipinski definition) is 1. The van der Waals surface area contributed by atoms with E-state index in [0.29, 0.717) is 6.04 Å². The van der Waals surface area contributed by atoms with Gasteiger partial charge in [-0.2, -0.15) is 0 Å². The largest absolute Gasteiger partial charge is 0.468 e. The number of rotatable bonds is 4. The van der Waals surface area contributed by atoms with Gasteiger partial charge in [0.25, 0.3) is 0 Å². The molecule has 84 valence electrons. The molecule has 0 aliphatic carbocycles. The molecule has 0 aliphatic heterocycles. The maximum absolute atomic E-state index is 5.37. The summed E-state index contributed by atoms with van der Waals surface area (Å²) in [7, 11) is 0. The molecule has 0 bridgehead atoms. The molecule has 1 aromatic heterocycles. The summed E-state index contributed by atoms with van der Waals surface area (Å²) in [5, 5.41) is 3.50. The summed E-state index contributed by atoms with van der Waals surface area (Å²) >= 11 is 0. The van der Waals surface area contributed by atoms with Crippen LogP contribution in [0, 0.1) is 0 Å². The molecule has 1 unspecified atom stereocenters. The highest BCUT2D eigenvalue weighted by atomic mass is 16.3. The fourth-order valence-corrected chi connectivity index (χ4v) is 1.83. The van der Waals surface area contributed by atoms with Gasteiger partial charge in [0.15, 0.2) is 0 Å². The second kappa shape index (κ2) is 4.99. The molecule has 0 saturated heterocycles. The van der Waals surface area contributed by atoms with Gasteiger partial charge in [0.2, 0.25) is 0 Å². The van der Waals surface area contributed by atoms with Crippen LogP contribution in [0.3, 0.4) is 0 Å². The Kier molecular flexibility index (Phi) is 3.42. The average molecular weight is 215 g/mol. The molecule has 2 aromatic rings. The average Bonchev–Trinajstić information content (AvgIpc) is 2.83. The van der Waals surface area contributed by atoms with Crippen LogP contribution in [0.25, 0.3) is 0 Å². The maximum Gasteiger partial charge on any atom is 0.120 e. The van der Waals surface area contributed by atoms with Crippen molar-refractivity contribution in [2.45, 2.75) is 25.9 Å². The molecule has 0 saturated carbocycles. The van der Waals surface area contributed by atoms with Crippen LogP contribution in [0.5, 0.6) is 0 Å². The summed E-state index contributed by atoms with van der Waals surface area (Å²) in [4.78, 5) is 0. The standard InChI is InChI=1S/C14H17NO/c1-11(13-7-4-3-5-8-13)15-12(2)14-9-6-10-16-14/h3-12,15H,1-2H3/t11-,12?/m0/s1. The van der Waals surface area contributed by atoms with Gasteiger partial charge in [-0.3, -0.25) is 0 Å². The topological polar surface area (TPSA) is 25.2 Å². The summed E-state index contributed by atoms with van der Waals surface area (Å²) < 4.78 is 5.37. The number of hydrogen-bond acceptors (Lipinski definition) is 2. The first kappa shape index (κ1) is 11.0. The zero-order valence-electron chi connectivity index (χ0n) is 9.68. The van der Waals surface area contributed by atoms with E-state index in [4.69, 9.17) is 4.42 Å². The predicted octanol–water partition coefficient (Wildman–Crippen LogP) is 3.69. The van der Waals surface area contributed by atoms with Gasteiger partial charge in [-0.25, -0.2) is 0 Å². The van der Waals surface area contributed by atoms with Gasteiger partial charge in [0.05, 0.1) is 12.3 Å². The van der Waals surface area contributed by atoms with Crippen molar-refractivity contribution >= 4 is 0 Å². The minimum absolute atomic E-state index is 0.227. The molecule has 1 heterocycles. The predicted molar refractivity (Wildman–Crippen MR) is 65.1 cm³/mol. The zero-order valence-corrected chi connectivity index (χ0v) is 9.68. The molecule has 2 heteroatoms. The van der Waals surface area contributed by atoms with Crippen LogP contribution in [0.2, 0.25) is 0 Å². The second-order valence-corrected chi connectivity index (χ2v) is 4.04. The Bertz CT molecular complexity index is 408. The lowest BCUT2D eigenvalue weighted by Crippen LogP contribution is -2.22. The van der Waals surface area contributed by atoms with E-state index in [1.807, 2.05) is 18.2 Å². The third-order valence-corrected chi connectivity index (χ3v) is 2.77. The van der Waals surface area contributed by atoms with Crippen molar-refractivity contribution in [3.05, 3.63) is 60.1 Å². The van der Waals surface area contributed by atoms with Gasteiger partial charge >= 0.3 is 0 Å². The minimum Gasteiger partial charge on any atom is -0.468 e. The SMILES string of the molecule is CC(N[C@@H](C)c1ccccc1)c1ccco1. The van der Waals surface area contributed by atoms with Crippen molar-refractivity contribution in [2.75, 3.05) is 0 Å². The lowest BCUT2D eigenvalue weighted by Gasteiger charge is -2.18. The highest BCUT2D eigenvalue weighted by Gasteiger charge is 2.12. The van der Waals surface area contributed by atoms with Crippen molar-refractivity contribution in [1.29, 1.82) is 0 Å². The van der Waals surface area contributed by atoms with Crippen molar-refractivity contribution < 1.29 is 4.42 Å². The van der Waals surface area contributed by atoms with Gasteiger partial charge < -0.3 is 9.73 Å². The summed E-state index contributed by atoms with van der Waals surface area (Å²) in [6.45, 7) is 4.27. The van der Waals surface area contributed by atoms with Crippen LogP contribution < -0.4 is 5.32 Å². The van der Waals surface area contributed by atoms with Gasteiger partial charge in [-0.05, 0) is 31.5 Å². The summed E-state index contributed by atoms with van der Waals surface area (Å²) in [5.74, 6) is 0.975. The van der Waals surface area contributed by atoms with E-state index in [0.717, 1.165) is 5.76 Å². The molecule has 2 rings (SSSR count). The highest BCUT2D eigenvalue weighted by Crippen LogP contribution is 2.19. The lowest BCUT2D eigenvalue weighted by molar-refractivity contribution is 0.403. The van der Waals surface area contributed by atoms with Gasteiger partial charge in [-0.15, -0.1) is 0 Å². The van der Waals surface area contributed by atoms with Crippen LogP contribution in [-0.4, -0.2) is 0 Å². The fraction of sp³-hybridized carbons (Fsp3) is 0.286. The number of furan rings is 1. The van der Waals surface area contributed by atoms with Crippen molar-refractivity contribution in [3.63, 3.8) is 0 Å². The van der Waals surface area contributed by atoms with Gasteiger partial charge in [0, 0.05) is 6.04 Å². The van der Waals surface area contributed by atoms with E-state index < -0.39 is 0 Å². The summed E-state index contributed by atoms with van der Waals surface area (Å²) in [6, 6.07) is 14.9. The Balaban J connectivity index is 2.00. The summed E-state index contributed by atoms with van der Waals surface area (Å²) in [6.07, 6.45) is 1.71. The van der Waals surface area contributed by atoms with E-state index in [1.54, 1.807) is 6.26 Å². The van der Waals surface area contributed by atoms with Gasteiger partial charge in [0.1, 0.15) is 5.76 Å². The Morgan fingerprint density at radius 1 is 0.938 bits per heavy atom. The molecule has 0 radical (unpaired) electrons. The molecule has 1 aromatic carbocycles. The normalized spacial score (nSPS) is 14.6. The van der Waals surface area contributed by atoms with E-state index in [-0.39, 0.29) is 6.04 Å². The van der Waals surface area contributed by atoms with Crippen molar-refractivity contribution in [2.24, 2.45) is 0 Å². The molecule has 16 heavy (non-hydrogen) atoms. The lowest BCUT2D eigenvalue weighted by atomic mass is 10.1. The van der Waals surface area contributed by atoms with Crippen LogP contribution in [0.4, 0.5) is 0 Å². The van der Waals surface area contributed by atoms with Crippen LogP contribution in [-0.2, 0) is 0 Å². The molecule has 1 N–H and O–H groups in total. The monoisotopic (exact) mass is 215 g/mol. The fourth-order valence-electron chi connectivity index (χ4n) is 1.83. The van der Waals surface area contributed by atoms with E-state index in [1.165, 1.54) is 5.56 Å². The van der Waals surface area contributed by atoms with E-state index in [2.05, 4.69) is 43.4 Å². The summed E-state index contributed by atoms with van der Waals surface area (Å²) in [5.41, 5.74) is 1.29. The molecular formula is C14H17NO. The first-order valence-corrected chi connectivity index (χ1v) is 5.62. The highest BCUT2D eigenvalue weighted by molar-refractivity contribution is 5.18. The maximum atomic E-state index is 5.37. The Hall–Kier alpha value is -1.54. The number of benzene rings is 1. The van der Waals surface area contributed by atoms with E-state index in [9.17, 15) is 0 Å². The van der Waals surface area contributed by atoms with Crippen molar-refractivity contribution in [3.8, 4) is 0 Å². The first-order chi connectivity index (χ1) is 7.77. The minimum atomic E-state index is 0.227. The molecule has 0 amide bonds. The molecule has 2 nitrogen and oxygen atoms in total. The third kappa shape index (κ3) is 2.52. The molecule has 0 aliphatic rings. The van der Waals surface area contributed by atoms with Crippen LogP contribution >= 0.6 is 0 Å². The number of nitrogens with one attached hydrogen (secondary N) is 1. The first-order valence-electron chi connectivity index (χ1n) is 5.62. The third-order valence-electron chi connectivity index (χ3n) is 2.77. The van der Waals surface area contributed by atoms with Gasteiger partial charge in [-0.1, -0.05) is 30.3 Å². The Morgan fingerprint density at radius 2 is 1.69 bits per heavy atom. The molecule has 0 spiro atoms. The molecular weight excluding hydrogens is 198 g/mol.